The third-order valence-corrected chi connectivity index (χ3v) is 2.55. The van der Waals surface area contributed by atoms with Crippen molar-refractivity contribution >= 4 is 5.91 Å². The van der Waals surface area contributed by atoms with E-state index in [0.29, 0.717) is 12.2 Å². The number of aromatic nitrogens is 2. The quantitative estimate of drug-likeness (QED) is 0.661. The summed E-state index contributed by atoms with van der Waals surface area (Å²) in [6, 6.07) is 0.132. The van der Waals surface area contributed by atoms with Gasteiger partial charge in [-0.15, -0.1) is 0 Å². The second-order valence-electron chi connectivity index (χ2n) is 3.69. The van der Waals surface area contributed by atoms with Gasteiger partial charge in [0, 0.05) is 26.2 Å². The van der Waals surface area contributed by atoms with E-state index in [1.165, 1.54) is 0 Å². The van der Waals surface area contributed by atoms with Crippen molar-refractivity contribution in [3.05, 3.63) is 18.2 Å². The zero-order chi connectivity index (χ0) is 10.1. The van der Waals surface area contributed by atoms with Gasteiger partial charge in [0.15, 0.2) is 0 Å². The van der Waals surface area contributed by atoms with Gasteiger partial charge in [0.1, 0.15) is 5.69 Å². The first kappa shape index (κ1) is 9.21. The van der Waals surface area contributed by atoms with Gasteiger partial charge in [-0.2, -0.15) is 0 Å². The lowest BCUT2D eigenvalue weighted by Crippen LogP contribution is -2.32. The fourth-order valence-electron chi connectivity index (χ4n) is 1.70. The number of amides is 1. The van der Waals surface area contributed by atoms with Crippen molar-refractivity contribution in [2.24, 2.45) is 12.8 Å². The highest BCUT2D eigenvalue weighted by atomic mass is 16.2. The first-order chi connectivity index (χ1) is 6.68. The second kappa shape index (κ2) is 3.42. The fourth-order valence-corrected chi connectivity index (χ4v) is 1.70. The molecule has 1 aromatic rings. The smallest absolute Gasteiger partial charge is 0.272 e. The lowest BCUT2D eigenvalue weighted by atomic mass is 10.3. The van der Waals surface area contributed by atoms with Gasteiger partial charge >= 0.3 is 0 Å². The first-order valence-corrected chi connectivity index (χ1v) is 4.69. The van der Waals surface area contributed by atoms with Gasteiger partial charge in [0.2, 0.25) is 0 Å². The molecule has 14 heavy (non-hydrogen) atoms. The van der Waals surface area contributed by atoms with Crippen molar-refractivity contribution < 1.29 is 4.79 Å². The number of nitrogens with two attached hydrogens (primary N) is 1. The summed E-state index contributed by atoms with van der Waals surface area (Å²) in [6.45, 7) is 1.41. The highest BCUT2D eigenvalue weighted by molar-refractivity contribution is 5.92. The monoisotopic (exact) mass is 194 g/mol. The van der Waals surface area contributed by atoms with E-state index >= 15 is 0 Å². The minimum Gasteiger partial charge on any atom is -0.336 e. The molecule has 1 fully saturated rings. The summed E-state index contributed by atoms with van der Waals surface area (Å²) in [5, 5.41) is 0. The SMILES string of the molecule is Cn1cncc1C(=O)N1CC[C@H](N)C1. The van der Waals surface area contributed by atoms with E-state index < -0.39 is 0 Å². The van der Waals surface area contributed by atoms with Crippen LogP contribution in [0.2, 0.25) is 0 Å². The van der Waals surface area contributed by atoms with Crippen LogP contribution in [0.25, 0.3) is 0 Å². The second-order valence-corrected chi connectivity index (χ2v) is 3.69. The predicted octanol–water partition coefficient (Wildman–Crippen LogP) is -0.407. The number of hydrogen-bond acceptors (Lipinski definition) is 3. The molecule has 2 heterocycles. The van der Waals surface area contributed by atoms with Crippen LogP contribution >= 0.6 is 0 Å². The third kappa shape index (κ3) is 1.50. The Balaban J connectivity index is 2.13. The summed E-state index contributed by atoms with van der Waals surface area (Å²) < 4.78 is 1.73. The summed E-state index contributed by atoms with van der Waals surface area (Å²) in [4.78, 5) is 17.6. The molecular weight excluding hydrogens is 180 g/mol. The van der Waals surface area contributed by atoms with Crippen LogP contribution in [0.15, 0.2) is 12.5 Å². The number of aryl methyl sites for hydroxylation is 1. The molecule has 0 unspecified atom stereocenters. The van der Waals surface area contributed by atoms with Crippen molar-refractivity contribution in [1.29, 1.82) is 0 Å². The van der Waals surface area contributed by atoms with E-state index in [-0.39, 0.29) is 11.9 Å². The van der Waals surface area contributed by atoms with Crippen LogP contribution in [-0.2, 0) is 7.05 Å². The zero-order valence-corrected chi connectivity index (χ0v) is 8.18. The molecule has 0 bridgehead atoms. The van der Waals surface area contributed by atoms with Gasteiger partial charge in [-0.05, 0) is 6.42 Å². The molecule has 0 radical (unpaired) electrons. The number of rotatable bonds is 1. The molecule has 0 spiro atoms. The molecule has 1 aromatic heterocycles. The molecule has 1 saturated heterocycles. The summed E-state index contributed by atoms with van der Waals surface area (Å²) >= 11 is 0. The average molecular weight is 194 g/mol. The van der Waals surface area contributed by atoms with Crippen LogP contribution in [0.4, 0.5) is 0 Å². The van der Waals surface area contributed by atoms with E-state index in [9.17, 15) is 4.79 Å². The van der Waals surface area contributed by atoms with Crippen molar-refractivity contribution in [3.63, 3.8) is 0 Å². The normalized spacial score (nSPS) is 21.6. The molecule has 2 rings (SSSR count). The number of nitrogens with zero attached hydrogens (tertiary/aromatic N) is 3. The van der Waals surface area contributed by atoms with Gasteiger partial charge in [-0.1, -0.05) is 0 Å². The molecule has 76 valence electrons. The molecule has 2 N–H and O–H groups in total. The van der Waals surface area contributed by atoms with Crippen LogP contribution in [0.3, 0.4) is 0 Å². The summed E-state index contributed by atoms with van der Waals surface area (Å²) in [6.07, 6.45) is 4.11. The number of imidazole rings is 1. The van der Waals surface area contributed by atoms with Crippen molar-refractivity contribution in [2.45, 2.75) is 12.5 Å². The Bertz CT molecular complexity index is 346. The standard InChI is InChI=1S/C9H14N4O/c1-12-6-11-4-8(12)9(14)13-3-2-7(10)5-13/h4,6-7H,2-3,5,10H2,1H3/t7-/m0/s1. The Kier molecular flexibility index (Phi) is 2.25. The van der Waals surface area contributed by atoms with Gasteiger partial charge < -0.3 is 15.2 Å². The van der Waals surface area contributed by atoms with Crippen LogP contribution in [0.5, 0.6) is 0 Å². The first-order valence-electron chi connectivity index (χ1n) is 4.69. The largest absolute Gasteiger partial charge is 0.336 e. The fraction of sp³-hybridized carbons (Fsp3) is 0.556. The van der Waals surface area contributed by atoms with Gasteiger partial charge in [-0.3, -0.25) is 4.79 Å². The topological polar surface area (TPSA) is 64.2 Å². The Morgan fingerprint density at radius 1 is 1.71 bits per heavy atom. The number of hydrogen-bond donors (Lipinski definition) is 1. The molecule has 0 aliphatic carbocycles. The molecule has 0 saturated carbocycles. The van der Waals surface area contributed by atoms with Crippen LogP contribution in [-0.4, -0.2) is 39.5 Å². The molecule has 1 aliphatic heterocycles. The number of carbonyl (C=O) groups excluding carboxylic acids is 1. The number of likely N-dealkylation sites (tertiary alicyclic amines) is 1. The Morgan fingerprint density at radius 2 is 2.50 bits per heavy atom. The van der Waals surface area contributed by atoms with Crippen LogP contribution in [0, 0.1) is 0 Å². The summed E-state index contributed by atoms with van der Waals surface area (Å²) in [5.74, 6) is 0.0259. The van der Waals surface area contributed by atoms with E-state index in [0.717, 1.165) is 13.0 Å². The molecular formula is C9H14N4O. The number of carbonyl (C=O) groups is 1. The Hall–Kier alpha value is -1.36. The molecule has 1 atom stereocenters. The zero-order valence-electron chi connectivity index (χ0n) is 8.18. The van der Waals surface area contributed by atoms with Gasteiger partial charge in [0.05, 0.1) is 12.5 Å². The van der Waals surface area contributed by atoms with Crippen molar-refractivity contribution in [2.75, 3.05) is 13.1 Å². The third-order valence-electron chi connectivity index (χ3n) is 2.55. The van der Waals surface area contributed by atoms with Crippen LogP contribution < -0.4 is 5.73 Å². The van der Waals surface area contributed by atoms with E-state index in [1.54, 1.807) is 22.0 Å². The van der Waals surface area contributed by atoms with E-state index in [2.05, 4.69) is 4.98 Å². The summed E-state index contributed by atoms with van der Waals surface area (Å²) in [5.41, 5.74) is 6.36. The van der Waals surface area contributed by atoms with Gasteiger partial charge in [0.25, 0.3) is 5.91 Å². The molecule has 0 aromatic carbocycles. The lowest BCUT2D eigenvalue weighted by molar-refractivity contribution is 0.0781. The molecule has 1 aliphatic rings. The molecule has 5 heteroatoms. The molecule has 5 nitrogen and oxygen atoms in total. The molecule has 1 amide bonds. The minimum absolute atomic E-state index is 0.0259. The lowest BCUT2D eigenvalue weighted by Gasteiger charge is -2.15. The maximum atomic E-state index is 11.9. The maximum absolute atomic E-state index is 11.9. The van der Waals surface area contributed by atoms with Crippen molar-refractivity contribution in [1.82, 2.24) is 14.5 Å². The Morgan fingerprint density at radius 3 is 3.00 bits per heavy atom. The maximum Gasteiger partial charge on any atom is 0.272 e. The van der Waals surface area contributed by atoms with Crippen LogP contribution in [0.1, 0.15) is 16.9 Å². The van der Waals surface area contributed by atoms with Gasteiger partial charge in [-0.25, -0.2) is 4.98 Å². The predicted molar refractivity (Wildman–Crippen MR) is 51.7 cm³/mol. The average Bonchev–Trinajstić information content (AvgIpc) is 2.73. The highest BCUT2D eigenvalue weighted by Crippen LogP contribution is 2.11. The van der Waals surface area contributed by atoms with E-state index in [4.69, 9.17) is 5.73 Å². The van der Waals surface area contributed by atoms with Crippen molar-refractivity contribution in [3.8, 4) is 0 Å². The minimum atomic E-state index is 0.0259. The Labute approximate surface area is 82.5 Å². The summed E-state index contributed by atoms with van der Waals surface area (Å²) in [7, 11) is 1.82. The highest BCUT2D eigenvalue weighted by Gasteiger charge is 2.25. The van der Waals surface area contributed by atoms with E-state index in [1.807, 2.05) is 7.05 Å².